The Balaban J connectivity index is 2.22. The van der Waals surface area contributed by atoms with Gasteiger partial charge in [-0.15, -0.1) is 0 Å². The SMILES string of the molecule is N#CC1(N)CCN(S(=O)(=O)c2cccc(Cl)c2)CC1. The van der Waals surface area contributed by atoms with Crippen molar-refractivity contribution in [3.05, 3.63) is 29.3 Å². The summed E-state index contributed by atoms with van der Waals surface area (Å²) in [4.78, 5) is 0.168. The van der Waals surface area contributed by atoms with Gasteiger partial charge in [-0.2, -0.15) is 9.57 Å². The molecule has 0 aromatic heterocycles. The monoisotopic (exact) mass is 299 g/mol. The highest BCUT2D eigenvalue weighted by Crippen LogP contribution is 2.25. The Morgan fingerprint density at radius 3 is 2.53 bits per heavy atom. The highest BCUT2D eigenvalue weighted by molar-refractivity contribution is 7.89. The summed E-state index contributed by atoms with van der Waals surface area (Å²) in [6.07, 6.45) is 0.673. The predicted octanol–water partition coefficient (Wildman–Crippen LogP) is 1.35. The first kappa shape index (κ1) is 14.3. The number of hydrogen-bond acceptors (Lipinski definition) is 4. The van der Waals surface area contributed by atoms with E-state index in [4.69, 9.17) is 22.6 Å². The van der Waals surface area contributed by atoms with Gasteiger partial charge in [0.1, 0.15) is 5.54 Å². The van der Waals surface area contributed by atoms with Gasteiger partial charge in [-0.3, -0.25) is 0 Å². The topological polar surface area (TPSA) is 87.2 Å². The zero-order valence-electron chi connectivity index (χ0n) is 10.2. The molecular weight excluding hydrogens is 286 g/mol. The third kappa shape index (κ3) is 2.90. The lowest BCUT2D eigenvalue weighted by atomic mass is 9.91. The molecule has 0 saturated carbocycles. The first-order chi connectivity index (χ1) is 8.87. The first-order valence-corrected chi connectivity index (χ1v) is 7.65. The minimum absolute atomic E-state index is 0.168. The van der Waals surface area contributed by atoms with E-state index in [0.717, 1.165) is 0 Å². The van der Waals surface area contributed by atoms with Gasteiger partial charge in [0.15, 0.2) is 0 Å². The lowest BCUT2D eigenvalue weighted by Gasteiger charge is -2.33. The van der Waals surface area contributed by atoms with Crippen LogP contribution in [0.2, 0.25) is 5.02 Å². The molecular formula is C12H14ClN3O2S. The number of sulfonamides is 1. The average molecular weight is 300 g/mol. The molecule has 1 aliphatic rings. The number of halogens is 1. The van der Waals surface area contributed by atoms with Crippen LogP contribution in [0, 0.1) is 11.3 Å². The second kappa shape index (κ2) is 5.10. The van der Waals surface area contributed by atoms with Crippen LogP contribution < -0.4 is 5.73 Å². The summed E-state index contributed by atoms with van der Waals surface area (Å²) in [5.74, 6) is 0. The van der Waals surface area contributed by atoms with Gasteiger partial charge in [0.2, 0.25) is 10.0 Å². The van der Waals surface area contributed by atoms with Crippen molar-refractivity contribution in [2.75, 3.05) is 13.1 Å². The molecule has 0 spiro atoms. The fourth-order valence-electron chi connectivity index (χ4n) is 2.01. The zero-order chi connectivity index (χ0) is 14.1. The Kier molecular flexibility index (Phi) is 3.83. The van der Waals surface area contributed by atoms with E-state index >= 15 is 0 Å². The van der Waals surface area contributed by atoms with E-state index in [2.05, 4.69) is 0 Å². The van der Waals surface area contributed by atoms with Gasteiger partial charge >= 0.3 is 0 Å². The summed E-state index contributed by atoms with van der Waals surface area (Å²) >= 11 is 5.81. The van der Waals surface area contributed by atoms with E-state index in [1.807, 2.05) is 6.07 Å². The Morgan fingerprint density at radius 2 is 2.00 bits per heavy atom. The molecule has 0 bridgehead atoms. The number of nitrogens with zero attached hydrogens (tertiary/aromatic N) is 2. The zero-order valence-corrected chi connectivity index (χ0v) is 11.8. The molecule has 1 aliphatic heterocycles. The quantitative estimate of drug-likeness (QED) is 0.893. The van der Waals surface area contributed by atoms with Gasteiger partial charge < -0.3 is 5.73 Å². The summed E-state index contributed by atoms with van der Waals surface area (Å²) in [6, 6.07) is 8.19. The number of nitrogens with two attached hydrogens (primary N) is 1. The lowest BCUT2D eigenvalue weighted by molar-refractivity contribution is 0.279. The Morgan fingerprint density at radius 1 is 1.37 bits per heavy atom. The van der Waals surface area contributed by atoms with Crippen molar-refractivity contribution in [3.8, 4) is 6.07 Å². The maximum atomic E-state index is 12.4. The molecule has 1 heterocycles. The normalized spacial score (nSPS) is 19.8. The third-order valence-corrected chi connectivity index (χ3v) is 5.40. The highest BCUT2D eigenvalue weighted by atomic mass is 35.5. The molecule has 102 valence electrons. The largest absolute Gasteiger partial charge is 0.313 e. The molecule has 1 aromatic rings. The van der Waals surface area contributed by atoms with E-state index in [9.17, 15) is 8.42 Å². The number of nitriles is 1. The van der Waals surface area contributed by atoms with Gasteiger partial charge in [0, 0.05) is 18.1 Å². The van der Waals surface area contributed by atoms with Crippen LogP contribution in [0.3, 0.4) is 0 Å². The molecule has 0 atom stereocenters. The van der Waals surface area contributed by atoms with Crippen molar-refractivity contribution in [3.63, 3.8) is 0 Å². The highest BCUT2D eigenvalue weighted by Gasteiger charge is 2.35. The van der Waals surface area contributed by atoms with E-state index in [1.165, 1.54) is 16.4 Å². The van der Waals surface area contributed by atoms with Gasteiger partial charge in [-0.25, -0.2) is 8.42 Å². The number of rotatable bonds is 2. The molecule has 1 saturated heterocycles. The smallest absolute Gasteiger partial charge is 0.243 e. The number of benzene rings is 1. The maximum absolute atomic E-state index is 12.4. The summed E-state index contributed by atoms with van der Waals surface area (Å²) in [6.45, 7) is 0.498. The molecule has 1 aromatic carbocycles. The molecule has 1 fully saturated rings. The first-order valence-electron chi connectivity index (χ1n) is 5.83. The minimum atomic E-state index is -3.56. The molecule has 2 N–H and O–H groups in total. The summed E-state index contributed by atoms with van der Waals surface area (Å²) in [5.41, 5.74) is 4.91. The molecule has 5 nitrogen and oxygen atoms in total. The second-order valence-corrected chi connectivity index (χ2v) is 7.00. The molecule has 0 amide bonds. The van der Waals surface area contributed by atoms with Gasteiger partial charge in [-0.05, 0) is 31.0 Å². The fraction of sp³-hybridized carbons (Fsp3) is 0.417. The molecule has 0 aliphatic carbocycles. The van der Waals surface area contributed by atoms with Crippen molar-refractivity contribution < 1.29 is 8.42 Å². The van der Waals surface area contributed by atoms with Crippen LogP contribution >= 0.6 is 11.6 Å². The van der Waals surface area contributed by atoms with Crippen LogP contribution in [0.5, 0.6) is 0 Å². The van der Waals surface area contributed by atoms with Crippen molar-refractivity contribution in [1.82, 2.24) is 4.31 Å². The molecule has 0 radical (unpaired) electrons. The fourth-order valence-corrected chi connectivity index (χ4v) is 3.76. The summed E-state index contributed by atoms with van der Waals surface area (Å²) < 4.78 is 26.1. The number of hydrogen-bond donors (Lipinski definition) is 1. The Hall–Kier alpha value is -1.13. The van der Waals surface area contributed by atoms with Crippen LogP contribution in [-0.4, -0.2) is 31.4 Å². The third-order valence-electron chi connectivity index (χ3n) is 3.27. The van der Waals surface area contributed by atoms with Crippen LogP contribution in [0.1, 0.15) is 12.8 Å². The lowest BCUT2D eigenvalue weighted by Crippen LogP contribution is -2.50. The van der Waals surface area contributed by atoms with E-state index < -0.39 is 15.6 Å². The standard InChI is InChI=1S/C12H14ClN3O2S/c13-10-2-1-3-11(8-10)19(17,18)16-6-4-12(15,9-14)5-7-16/h1-3,8H,4-7,15H2. The Labute approximate surface area is 117 Å². The minimum Gasteiger partial charge on any atom is -0.313 e. The van der Waals surface area contributed by atoms with E-state index in [0.29, 0.717) is 17.9 Å². The second-order valence-electron chi connectivity index (χ2n) is 4.63. The summed E-state index contributed by atoms with van der Waals surface area (Å²) in [5, 5.41) is 9.31. The predicted molar refractivity (Wildman–Crippen MR) is 72.0 cm³/mol. The Bertz CT molecular complexity index is 616. The van der Waals surface area contributed by atoms with Crippen molar-refractivity contribution >= 4 is 21.6 Å². The average Bonchev–Trinajstić information content (AvgIpc) is 2.39. The van der Waals surface area contributed by atoms with Gasteiger partial charge in [0.05, 0.1) is 11.0 Å². The summed E-state index contributed by atoms with van der Waals surface area (Å²) in [7, 11) is -3.56. The van der Waals surface area contributed by atoms with Crippen LogP contribution in [0.15, 0.2) is 29.2 Å². The van der Waals surface area contributed by atoms with Gasteiger partial charge in [-0.1, -0.05) is 17.7 Å². The van der Waals surface area contributed by atoms with E-state index in [1.54, 1.807) is 12.1 Å². The van der Waals surface area contributed by atoms with Crippen LogP contribution in [-0.2, 0) is 10.0 Å². The number of piperidine rings is 1. The molecule has 19 heavy (non-hydrogen) atoms. The van der Waals surface area contributed by atoms with Crippen molar-refractivity contribution in [2.45, 2.75) is 23.3 Å². The van der Waals surface area contributed by atoms with Gasteiger partial charge in [0.25, 0.3) is 0 Å². The van der Waals surface area contributed by atoms with Crippen LogP contribution in [0.4, 0.5) is 0 Å². The molecule has 7 heteroatoms. The van der Waals surface area contributed by atoms with Crippen LogP contribution in [0.25, 0.3) is 0 Å². The van der Waals surface area contributed by atoms with Crippen molar-refractivity contribution in [1.29, 1.82) is 5.26 Å². The molecule has 0 unspecified atom stereocenters. The van der Waals surface area contributed by atoms with E-state index in [-0.39, 0.29) is 18.0 Å². The van der Waals surface area contributed by atoms with Crippen molar-refractivity contribution in [2.24, 2.45) is 5.73 Å². The molecule has 2 rings (SSSR count). The maximum Gasteiger partial charge on any atom is 0.243 e.